The maximum atomic E-state index is 7.89. The minimum absolute atomic E-state index is 0.0731. The molecule has 1 atom stereocenters. The molecule has 0 amide bonds. The van der Waals surface area contributed by atoms with Gasteiger partial charge in [0.15, 0.2) is 0 Å². The van der Waals surface area contributed by atoms with Gasteiger partial charge in [-0.15, -0.1) is 0 Å². The number of nitrogen functional groups attached to an aromatic ring is 1. The van der Waals surface area contributed by atoms with Gasteiger partial charge in [-0.25, -0.2) is 0 Å². The first-order chi connectivity index (χ1) is 19.7. The lowest BCUT2D eigenvalue weighted by Crippen LogP contribution is -2.32. The third-order valence-electron chi connectivity index (χ3n) is 7.09. The number of allylic oxidation sites excluding steroid dienone is 3. The van der Waals surface area contributed by atoms with Crippen molar-refractivity contribution in [3.63, 3.8) is 0 Å². The number of rotatable bonds is 13. The van der Waals surface area contributed by atoms with Crippen LogP contribution >= 0.6 is 23.2 Å². The van der Waals surface area contributed by atoms with Crippen LogP contribution < -0.4 is 27.4 Å². The highest BCUT2D eigenvalue weighted by molar-refractivity contribution is 6.35. The van der Waals surface area contributed by atoms with E-state index in [4.69, 9.17) is 40.1 Å². The van der Waals surface area contributed by atoms with Gasteiger partial charge in [0.25, 0.3) is 0 Å². The Bertz CT molecular complexity index is 1160. The minimum atomic E-state index is 0.0731. The van der Waals surface area contributed by atoms with E-state index in [0.717, 1.165) is 68.8 Å². The van der Waals surface area contributed by atoms with Gasteiger partial charge in [0, 0.05) is 59.3 Å². The SMILES string of the molecule is C=C(NCC/C=C\C(C=N)=C(/N)c1cc(C[C@H](C)c2c(Cl)cncc2Cl)ccc1N)C1CCNCC1.CCNCC. The van der Waals surface area contributed by atoms with E-state index in [1.807, 2.05) is 30.4 Å². The fraction of sp³-hybridized carbons (Fsp3) is 0.438. The van der Waals surface area contributed by atoms with Crippen LogP contribution in [0.15, 0.2) is 60.6 Å². The molecule has 1 fully saturated rings. The van der Waals surface area contributed by atoms with E-state index in [1.165, 1.54) is 6.21 Å². The summed E-state index contributed by atoms with van der Waals surface area (Å²) in [5, 5.41) is 18.9. The van der Waals surface area contributed by atoms with E-state index in [-0.39, 0.29) is 5.92 Å². The summed E-state index contributed by atoms with van der Waals surface area (Å²) in [4.78, 5) is 4.04. The van der Waals surface area contributed by atoms with E-state index in [0.29, 0.717) is 44.9 Å². The highest BCUT2D eigenvalue weighted by Gasteiger charge is 2.17. The van der Waals surface area contributed by atoms with Crippen molar-refractivity contribution >= 4 is 40.8 Å². The number of aromatic nitrogens is 1. The molecule has 1 aliphatic heterocycles. The largest absolute Gasteiger partial charge is 0.398 e. The molecule has 1 aromatic heterocycles. The first kappa shape index (κ1) is 34.4. The Morgan fingerprint density at radius 1 is 1.20 bits per heavy atom. The van der Waals surface area contributed by atoms with Crippen LogP contribution in [-0.4, -0.2) is 43.9 Å². The molecule has 3 rings (SSSR count). The summed E-state index contributed by atoms with van der Waals surface area (Å²) < 4.78 is 0. The molecule has 1 aromatic carbocycles. The zero-order valence-corrected chi connectivity index (χ0v) is 26.2. The second-order valence-electron chi connectivity index (χ2n) is 10.2. The lowest BCUT2D eigenvalue weighted by atomic mass is 9.92. The van der Waals surface area contributed by atoms with Crippen molar-refractivity contribution in [2.45, 2.75) is 52.4 Å². The van der Waals surface area contributed by atoms with E-state index < -0.39 is 0 Å². The molecule has 1 saturated heterocycles. The van der Waals surface area contributed by atoms with Gasteiger partial charge >= 0.3 is 0 Å². The van der Waals surface area contributed by atoms with E-state index in [9.17, 15) is 0 Å². The van der Waals surface area contributed by atoms with Crippen molar-refractivity contribution in [1.82, 2.24) is 20.9 Å². The van der Waals surface area contributed by atoms with Crippen molar-refractivity contribution in [3.05, 3.63) is 87.3 Å². The Morgan fingerprint density at radius 2 is 1.85 bits per heavy atom. The predicted octanol–water partition coefficient (Wildman–Crippen LogP) is 6.30. The number of halogens is 2. The van der Waals surface area contributed by atoms with Gasteiger partial charge in [0.1, 0.15) is 0 Å². The Kier molecular flexibility index (Phi) is 15.6. The molecule has 224 valence electrons. The Labute approximate surface area is 256 Å². The molecular formula is C32H47Cl2N7. The summed E-state index contributed by atoms with van der Waals surface area (Å²) in [6, 6.07) is 5.81. The molecule has 2 aromatic rings. The molecule has 9 heteroatoms. The standard InChI is InChI=1S/C28H36Cl2N6.C4H11N/c1-18(27-24(29)16-35-17-25(27)30)13-20-6-7-26(32)23(14-20)28(33)22(15-31)5-3-4-10-36-19(2)21-8-11-34-12-9-21;1-3-5-4-2/h3,5-7,14-18,21,31,34,36H,2,4,8-13,32-33H2,1H3;5H,3-4H2,1-2H3/b5-3-,28-22+,31-15?;/t18-;/m0./s1. The average Bonchev–Trinajstić information content (AvgIpc) is 2.96. The lowest BCUT2D eigenvalue weighted by Gasteiger charge is -2.25. The summed E-state index contributed by atoms with van der Waals surface area (Å²) in [6.07, 6.45) is 12.1. The van der Waals surface area contributed by atoms with E-state index >= 15 is 0 Å². The number of pyridine rings is 1. The molecular weight excluding hydrogens is 553 g/mol. The average molecular weight is 601 g/mol. The second-order valence-corrected chi connectivity index (χ2v) is 11.0. The number of nitrogens with one attached hydrogen (secondary N) is 4. The third kappa shape index (κ3) is 11.2. The molecule has 7 nitrogen and oxygen atoms in total. The quantitative estimate of drug-likeness (QED) is 0.0694. The van der Waals surface area contributed by atoms with Gasteiger partial charge in [-0.1, -0.05) is 68.8 Å². The Morgan fingerprint density at radius 3 is 2.44 bits per heavy atom. The highest BCUT2D eigenvalue weighted by Crippen LogP contribution is 2.33. The van der Waals surface area contributed by atoms with E-state index in [2.05, 4.69) is 48.3 Å². The van der Waals surface area contributed by atoms with Crippen LogP contribution in [0.2, 0.25) is 10.0 Å². The number of hydrogen-bond donors (Lipinski definition) is 6. The fourth-order valence-electron chi connectivity index (χ4n) is 4.77. The van der Waals surface area contributed by atoms with Crippen molar-refractivity contribution in [2.24, 2.45) is 11.7 Å². The molecule has 0 bridgehead atoms. The van der Waals surface area contributed by atoms with Gasteiger partial charge in [0.2, 0.25) is 0 Å². The zero-order chi connectivity index (χ0) is 30.2. The Hall–Kier alpha value is -2.84. The Balaban J connectivity index is 0.00000108. The second kappa shape index (κ2) is 18.6. The predicted molar refractivity (Wildman–Crippen MR) is 178 cm³/mol. The number of hydrogen-bond acceptors (Lipinski definition) is 7. The summed E-state index contributed by atoms with van der Waals surface area (Å²) in [5.41, 5.74) is 18.1. The van der Waals surface area contributed by atoms with Gasteiger partial charge in [-0.05, 0) is 81.0 Å². The minimum Gasteiger partial charge on any atom is -0.398 e. The maximum Gasteiger partial charge on any atom is 0.0639 e. The maximum absolute atomic E-state index is 7.89. The number of piperidine rings is 1. The van der Waals surface area contributed by atoms with Crippen molar-refractivity contribution < 1.29 is 0 Å². The lowest BCUT2D eigenvalue weighted by molar-refractivity contribution is 0.403. The topological polar surface area (TPSA) is 125 Å². The van der Waals surface area contributed by atoms with Crippen LogP contribution in [0.1, 0.15) is 62.6 Å². The zero-order valence-electron chi connectivity index (χ0n) is 24.7. The first-order valence-corrected chi connectivity index (χ1v) is 15.2. The van der Waals surface area contributed by atoms with Gasteiger partial charge < -0.3 is 32.8 Å². The third-order valence-corrected chi connectivity index (χ3v) is 7.69. The smallest absolute Gasteiger partial charge is 0.0639 e. The monoisotopic (exact) mass is 599 g/mol. The van der Waals surface area contributed by atoms with Gasteiger partial charge in [-0.3, -0.25) is 4.98 Å². The van der Waals surface area contributed by atoms with Crippen LogP contribution in [0.3, 0.4) is 0 Å². The fourth-order valence-corrected chi connectivity index (χ4v) is 5.51. The van der Waals surface area contributed by atoms with Gasteiger partial charge in [0.05, 0.1) is 10.0 Å². The summed E-state index contributed by atoms with van der Waals surface area (Å²) in [5.74, 6) is 0.607. The molecule has 0 saturated carbocycles. The number of nitrogens with two attached hydrogens (primary N) is 2. The van der Waals surface area contributed by atoms with Crippen LogP contribution in [0.4, 0.5) is 5.69 Å². The van der Waals surface area contributed by atoms with Crippen molar-refractivity contribution in [2.75, 3.05) is 38.5 Å². The normalized spacial score (nSPS) is 15.0. The molecule has 0 aliphatic carbocycles. The van der Waals surface area contributed by atoms with Crippen LogP contribution in [0.25, 0.3) is 5.70 Å². The molecule has 1 aliphatic rings. The van der Waals surface area contributed by atoms with Crippen LogP contribution in [0.5, 0.6) is 0 Å². The van der Waals surface area contributed by atoms with Crippen molar-refractivity contribution in [3.8, 4) is 0 Å². The number of nitrogens with zero attached hydrogens (tertiary/aromatic N) is 1. The summed E-state index contributed by atoms with van der Waals surface area (Å²) >= 11 is 12.7. The van der Waals surface area contributed by atoms with E-state index in [1.54, 1.807) is 12.4 Å². The highest BCUT2D eigenvalue weighted by atomic mass is 35.5. The van der Waals surface area contributed by atoms with Crippen molar-refractivity contribution in [1.29, 1.82) is 5.41 Å². The summed E-state index contributed by atoms with van der Waals surface area (Å²) in [7, 11) is 0. The number of benzene rings is 1. The van der Waals surface area contributed by atoms with Crippen LogP contribution in [-0.2, 0) is 6.42 Å². The molecule has 8 N–H and O–H groups in total. The molecule has 2 heterocycles. The van der Waals surface area contributed by atoms with Crippen LogP contribution in [0, 0.1) is 11.3 Å². The molecule has 41 heavy (non-hydrogen) atoms. The number of anilines is 1. The van der Waals surface area contributed by atoms with Gasteiger partial charge in [-0.2, -0.15) is 0 Å². The molecule has 0 spiro atoms. The molecule has 0 radical (unpaired) electrons. The first-order valence-electron chi connectivity index (χ1n) is 14.4. The summed E-state index contributed by atoms with van der Waals surface area (Å²) in [6.45, 7) is 15.6. The molecule has 0 unspecified atom stereocenters.